The Kier molecular flexibility index (Phi) is 4.00. The van der Waals surface area contributed by atoms with Crippen molar-refractivity contribution in [1.29, 1.82) is 0 Å². The summed E-state index contributed by atoms with van der Waals surface area (Å²) in [5.41, 5.74) is 0.504. The van der Waals surface area contributed by atoms with Gasteiger partial charge >= 0.3 is 0 Å². The predicted molar refractivity (Wildman–Crippen MR) is 74.0 cm³/mol. The Morgan fingerprint density at radius 2 is 1.94 bits per heavy atom. The van der Waals surface area contributed by atoms with Crippen LogP contribution < -0.4 is 4.72 Å². The SMILES string of the molecule is O=S(=O)(Nc1cc(Cl)ccc1Br)C1CCCC1. The van der Waals surface area contributed by atoms with E-state index in [1.54, 1.807) is 18.2 Å². The molecule has 1 aliphatic carbocycles. The van der Waals surface area contributed by atoms with Crippen LogP contribution in [0.3, 0.4) is 0 Å². The summed E-state index contributed by atoms with van der Waals surface area (Å²) in [6.45, 7) is 0. The van der Waals surface area contributed by atoms with Gasteiger partial charge in [-0.2, -0.15) is 0 Å². The molecule has 0 amide bonds. The lowest BCUT2D eigenvalue weighted by Crippen LogP contribution is -2.25. The molecule has 0 spiro atoms. The van der Waals surface area contributed by atoms with Gasteiger partial charge in [-0.15, -0.1) is 0 Å². The van der Waals surface area contributed by atoms with Crippen molar-refractivity contribution in [1.82, 2.24) is 0 Å². The van der Waals surface area contributed by atoms with Gasteiger partial charge in [-0.3, -0.25) is 4.72 Å². The fraction of sp³-hybridized carbons (Fsp3) is 0.455. The average Bonchev–Trinajstić information content (AvgIpc) is 2.77. The quantitative estimate of drug-likeness (QED) is 0.911. The molecule has 3 nitrogen and oxygen atoms in total. The highest BCUT2D eigenvalue weighted by Crippen LogP contribution is 2.30. The summed E-state index contributed by atoms with van der Waals surface area (Å²) in [5.74, 6) is 0. The van der Waals surface area contributed by atoms with Crippen molar-refractivity contribution in [3.8, 4) is 0 Å². The third-order valence-electron chi connectivity index (χ3n) is 2.92. The normalized spacial score (nSPS) is 17.3. The number of sulfonamides is 1. The number of rotatable bonds is 3. The van der Waals surface area contributed by atoms with Crippen molar-refractivity contribution in [3.63, 3.8) is 0 Å². The minimum atomic E-state index is -3.29. The minimum Gasteiger partial charge on any atom is -0.282 e. The van der Waals surface area contributed by atoms with Gasteiger partial charge in [0.15, 0.2) is 0 Å². The van der Waals surface area contributed by atoms with E-state index in [2.05, 4.69) is 20.7 Å². The zero-order valence-corrected chi connectivity index (χ0v) is 12.3. The summed E-state index contributed by atoms with van der Waals surface area (Å²) in [7, 11) is -3.29. The highest BCUT2D eigenvalue weighted by Gasteiger charge is 2.29. The van der Waals surface area contributed by atoms with Crippen LogP contribution in [-0.4, -0.2) is 13.7 Å². The molecule has 1 aromatic carbocycles. The maximum Gasteiger partial charge on any atom is 0.235 e. The summed E-state index contributed by atoms with van der Waals surface area (Å²) in [6.07, 6.45) is 3.46. The van der Waals surface area contributed by atoms with Gasteiger partial charge in [0.25, 0.3) is 0 Å². The van der Waals surface area contributed by atoms with Crippen LogP contribution in [0.1, 0.15) is 25.7 Å². The van der Waals surface area contributed by atoms with E-state index < -0.39 is 10.0 Å². The largest absolute Gasteiger partial charge is 0.282 e. The molecule has 0 heterocycles. The van der Waals surface area contributed by atoms with Crippen LogP contribution in [-0.2, 0) is 10.0 Å². The third-order valence-corrected chi connectivity index (χ3v) is 5.70. The standard InChI is InChI=1S/C11H13BrClNO2S/c12-10-6-5-8(13)7-11(10)14-17(15,16)9-3-1-2-4-9/h5-7,9,14H,1-4H2. The number of halogens is 2. The highest BCUT2D eigenvalue weighted by molar-refractivity contribution is 9.10. The molecule has 0 atom stereocenters. The number of nitrogens with one attached hydrogen (secondary N) is 1. The lowest BCUT2D eigenvalue weighted by molar-refractivity contribution is 0.585. The molecular weight excluding hydrogens is 326 g/mol. The van der Waals surface area contributed by atoms with Gasteiger partial charge in [-0.1, -0.05) is 24.4 Å². The maximum absolute atomic E-state index is 12.1. The van der Waals surface area contributed by atoms with Gasteiger partial charge in [0.05, 0.1) is 10.9 Å². The zero-order chi connectivity index (χ0) is 12.5. The Labute approximate surface area is 115 Å². The second-order valence-electron chi connectivity index (χ2n) is 4.18. The molecule has 1 N–H and O–H groups in total. The van der Waals surface area contributed by atoms with Crippen molar-refractivity contribution >= 4 is 43.2 Å². The molecule has 6 heteroatoms. The first kappa shape index (κ1) is 13.2. The van der Waals surface area contributed by atoms with Crippen molar-refractivity contribution in [2.24, 2.45) is 0 Å². The van der Waals surface area contributed by atoms with E-state index in [1.165, 1.54) is 0 Å². The van der Waals surface area contributed by atoms with Crippen molar-refractivity contribution in [3.05, 3.63) is 27.7 Å². The van der Waals surface area contributed by atoms with E-state index in [0.29, 0.717) is 15.2 Å². The summed E-state index contributed by atoms with van der Waals surface area (Å²) in [4.78, 5) is 0. The van der Waals surface area contributed by atoms with E-state index >= 15 is 0 Å². The fourth-order valence-electron chi connectivity index (χ4n) is 2.01. The van der Waals surface area contributed by atoms with Gasteiger partial charge in [0.2, 0.25) is 10.0 Å². The van der Waals surface area contributed by atoms with Gasteiger partial charge in [-0.05, 0) is 47.0 Å². The third kappa shape index (κ3) is 3.14. The number of benzene rings is 1. The first-order valence-corrected chi connectivity index (χ1v) is 8.17. The molecule has 1 saturated carbocycles. The fourth-order valence-corrected chi connectivity index (χ4v) is 4.26. The molecule has 0 unspecified atom stereocenters. The minimum absolute atomic E-state index is 0.270. The van der Waals surface area contributed by atoms with Crippen molar-refractivity contribution in [2.45, 2.75) is 30.9 Å². The first-order valence-electron chi connectivity index (χ1n) is 5.46. The van der Waals surface area contributed by atoms with E-state index in [0.717, 1.165) is 25.7 Å². The topological polar surface area (TPSA) is 46.2 Å². The molecule has 94 valence electrons. The number of hydrogen-bond donors (Lipinski definition) is 1. The summed E-state index contributed by atoms with van der Waals surface area (Å²) < 4.78 is 27.5. The van der Waals surface area contributed by atoms with Crippen molar-refractivity contribution in [2.75, 3.05) is 4.72 Å². The van der Waals surface area contributed by atoms with Crippen LogP contribution in [0.4, 0.5) is 5.69 Å². The molecule has 1 fully saturated rings. The Morgan fingerprint density at radius 3 is 2.59 bits per heavy atom. The summed E-state index contributed by atoms with van der Waals surface area (Å²) >= 11 is 9.16. The smallest absolute Gasteiger partial charge is 0.235 e. The first-order chi connectivity index (χ1) is 7.99. The predicted octanol–water partition coefficient (Wildman–Crippen LogP) is 3.79. The van der Waals surface area contributed by atoms with Crippen LogP contribution in [0.2, 0.25) is 5.02 Å². The van der Waals surface area contributed by atoms with Gasteiger partial charge < -0.3 is 0 Å². The van der Waals surface area contributed by atoms with E-state index in [-0.39, 0.29) is 5.25 Å². The molecule has 17 heavy (non-hydrogen) atoms. The van der Waals surface area contributed by atoms with Crippen molar-refractivity contribution < 1.29 is 8.42 Å². The average molecular weight is 339 g/mol. The Morgan fingerprint density at radius 1 is 1.29 bits per heavy atom. The zero-order valence-electron chi connectivity index (χ0n) is 9.12. The van der Waals surface area contributed by atoms with Crippen LogP contribution in [0.25, 0.3) is 0 Å². The van der Waals surface area contributed by atoms with E-state index in [4.69, 9.17) is 11.6 Å². The monoisotopic (exact) mass is 337 g/mol. The van der Waals surface area contributed by atoms with Crippen LogP contribution in [0, 0.1) is 0 Å². The number of anilines is 1. The van der Waals surface area contributed by atoms with Crippen LogP contribution in [0.5, 0.6) is 0 Å². The van der Waals surface area contributed by atoms with E-state index in [9.17, 15) is 8.42 Å². The van der Waals surface area contributed by atoms with Gasteiger partial charge in [0, 0.05) is 9.50 Å². The van der Waals surface area contributed by atoms with Crippen LogP contribution >= 0.6 is 27.5 Å². The van der Waals surface area contributed by atoms with Gasteiger partial charge in [0.1, 0.15) is 0 Å². The molecule has 0 radical (unpaired) electrons. The number of hydrogen-bond acceptors (Lipinski definition) is 2. The maximum atomic E-state index is 12.1. The molecule has 0 aromatic heterocycles. The molecule has 1 aliphatic rings. The molecule has 1 aromatic rings. The molecule has 2 rings (SSSR count). The van der Waals surface area contributed by atoms with Crippen LogP contribution in [0.15, 0.2) is 22.7 Å². The second-order valence-corrected chi connectivity index (χ2v) is 7.43. The highest BCUT2D eigenvalue weighted by atomic mass is 79.9. The van der Waals surface area contributed by atoms with Gasteiger partial charge in [-0.25, -0.2) is 8.42 Å². The Hall–Kier alpha value is -0.260. The Balaban J connectivity index is 2.22. The molecule has 0 saturated heterocycles. The Bertz CT molecular complexity index is 512. The molecule has 0 aliphatic heterocycles. The lowest BCUT2D eigenvalue weighted by atomic mass is 10.3. The lowest BCUT2D eigenvalue weighted by Gasteiger charge is -2.14. The molecular formula is C11H13BrClNO2S. The van der Waals surface area contributed by atoms with E-state index in [1.807, 2.05) is 0 Å². The second kappa shape index (κ2) is 5.16. The summed E-state index contributed by atoms with van der Waals surface area (Å²) in [5, 5.41) is 0.241. The molecule has 0 bridgehead atoms. The summed E-state index contributed by atoms with van der Waals surface area (Å²) in [6, 6.07) is 5.05.